The molecule has 0 N–H and O–H groups in total. The Bertz CT molecular complexity index is 652. The Morgan fingerprint density at radius 1 is 1.14 bits per heavy atom. The molecule has 3 heteroatoms. The molecule has 0 saturated heterocycles. The molecule has 0 unspecified atom stereocenters. The molecule has 2 rings (SSSR count). The number of rotatable bonds is 3. The van der Waals surface area contributed by atoms with E-state index in [1.54, 1.807) is 18.3 Å². The largest absolute Gasteiger partial charge is 0.455 e. The summed E-state index contributed by atoms with van der Waals surface area (Å²) in [7, 11) is 0. The Morgan fingerprint density at radius 2 is 1.86 bits per heavy atom. The maximum atomic E-state index is 11.2. The first kappa shape index (κ1) is 15.2. The third-order valence-electron chi connectivity index (χ3n) is 3.27. The van der Waals surface area contributed by atoms with Gasteiger partial charge in [0.05, 0.1) is 6.20 Å². The van der Waals surface area contributed by atoms with Crippen molar-refractivity contribution in [3.8, 4) is 11.5 Å². The predicted molar refractivity (Wildman–Crippen MR) is 84.2 cm³/mol. The summed E-state index contributed by atoms with van der Waals surface area (Å²) in [6, 6.07) is 9.61. The molecule has 1 aromatic carbocycles. The summed E-state index contributed by atoms with van der Waals surface area (Å²) in [5.41, 5.74) is 2.80. The van der Waals surface area contributed by atoms with Gasteiger partial charge in [-0.05, 0) is 30.5 Å². The van der Waals surface area contributed by atoms with E-state index in [1.165, 1.54) is 12.5 Å². The molecule has 1 heterocycles. The maximum Gasteiger partial charge on any atom is 0.178 e. The van der Waals surface area contributed by atoms with E-state index in [1.807, 2.05) is 12.1 Å². The van der Waals surface area contributed by atoms with Crippen LogP contribution in [0.15, 0.2) is 36.5 Å². The highest BCUT2D eigenvalue weighted by atomic mass is 16.5. The lowest BCUT2D eigenvalue weighted by molar-refractivity contribution is 0.101. The number of carbonyl (C=O) groups excluding carboxylic acids is 1. The van der Waals surface area contributed by atoms with Crippen molar-refractivity contribution in [1.29, 1.82) is 0 Å². The molecular formula is C18H21NO2. The third kappa shape index (κ3) is 3.69. The molecule has 3 nitrogen and oxygen atoms in total. The topological polar surface area (TPSA) is 39.2 Å². The van der Waals surface area contributed by atoms with Crippen molar-refractivity contribution in [3.05, 3.63) is 53.3 Å². The number of pyridine rings is 1. The smallest absolute Gasteiger partial charge is 0.178 e. The fraction of sp³-hybridized carbons (Fsp3) is 0.333. The van der Waals surface area contributed by atoms with Crippen LogP contribution < -0.4 is 4.74 Å². The highest BCUT2D eigenvalue weighted by Gasteiger charge is 2.19. The van der Waals surface area contributed by atoms with Gasteiger partial charge in [0, 0.05) is 12.5 Å². The average molecular weight is 283 g/mol. The van der Waals surface area contributed by atoms with Gasteiger partial charge >= 0.3 is 0 Å². The van der Waals surface area contributed by atoms with Gasteiger partial charge in [-0.3, -0.25) is 4.79 Å². The van der Waals surface area contributed by atoms with E-state index in [2.05, 4.69) is 38.7 Å². The first-order valence-corrected chi connectivity index (χ1v) is 7.03. The van der Waals surface area contributed by atoms with Crippen molar-refractivity contribution in [2.45, 2.75) is 40.0 Å². The van der Waals surface area contributed by atoms with E-state index >= 15 is 0 Å². The van der Waals surface area contributed by atoms with Gasteiger partial charge in [-0.1, -0.05) is 38.5 Å². The molecule has 0 aliphatic rings. The fourth-order valence-electron chi connectivity index (χ4n) is 2.09. The number of ether oxygens (including phenoxy) is 1. The first-order valence-electron chi connectivity index (χ1n) is 7.03. The average Bonchev–Trinajstić information content (AvgIpc) is 2.40. The SMILES string of the molecule is CC(=O)c1ccc(Oc2ccc(C)cc2C(C)(C)C)cn1. The zero-order valence-electron chi connectivity index (χ0n) is 13.2. The summed E-state index contributed by atoms with van der Waals surface area (Å²) in [6.07, 6.45) is 1.59. The number of carbonyl (C=O) groups is 1. The van der Waals surface area contributed by atoms with E-state index in [0.717, 1.165) is 11.3 Å². The molecule has 2 aromatic rings. The minimum absolute atomic E-state index is 0.00585. The number of hydrogen-bond acceptors (Lipinski definition) is 3. The highest BCUT2D eigenvalue weighted by Crippen LogP contribution is 2.34. The van der Waals surface area contributed by atoms with Gasteiger partial charge < -0.3 is 4.74 Å². The summed E-state index contributed by atoms with van der Waals surface area (Å²) >= 11 is 0. The number of nitrogens with zero attached hydrogens (tertiary/aromatic N) is 1. The minimum Gasteiger partial charge on any atom is -0.455 e. The fourth-order valence-corrected chi connectivity index (χ4v) is 2.09. The van der Waals surface area contributed by atoms with Gasteiger partial charge in [-0.25, -0.2) is 4.98 Å². The Balaban J connectivity index is 2.33. The zero-order chi connectivity index (χ0) is 15.6. The highest BCUT2D eigenvalue weighted by molar-refractivity contribution is 5.92. The van der Waals surface area contributed by atoms with Crippen molar-refractivity contribution in [2.75, 3.05) is 0 Å². The Labute approximate surface area is 126 Å². The molecular weight excluding hydrogens is 262 g/mol. The lowest BCUT2D eigenvalue weighted by Crippen LogP contribution is -2.12. The van der Waals surface area contributed by atoms with E-state index in [-0.39, 0.29) is 11.2 Å². The zero-order valence-corrected chi connectivity index (χ0v) is 13.2. The van der Waals surface area contributed by atoms with Crippen LogP contribution in [0, 0.1) is 6.92 Å². The van der Waals surface area contributed by atoms with Crippen LogP contribution in [0.1, 0.15) is 49.3 Å². The molecule has 0 bridgehead atoms. The Hall–Kier alpha value is -2.16. The first-order chi connectivity index (χ1) is 9.77. The van der Waals surface area contributed by atoms with Gasteiger partial charge in [0.2, 0.25) is 0 Å². The van der Waals surface area contributed by atoms with Crippen LogP contribution >= 0.6 is 0 Å². The molecule has 0 fully saturated rings. The number of aromatic nitrogens is 1. The standard InChI is InChI=1S/C18H21NO2/c1-12-6-9-17(15(10-12)18(3,4)5)21-14-7-8-16(13(2)20)19-11-14/h6-11H,1-5H3. The number of benzene rings is 1. The van der Waals surface area contributed by atoms with Crippen LogP contribution in [0.3, 0.4) is 0 Å². The third-order valence-corrected chi connectivity index (χ3v) is 3.27. The van der Waals surface area contributed by atoms with Crippen LogP contribution in [0.2, 0.25) is 0 Å². The minimum atomic E-state index is -0.0488. The van der Waals surface area contributed by atoms with Crippen molar-refractivity contribution < 1.29 is 9.53 Å². The molecule has 21 heavy (non-hydrogen) atoms. The van der Waals surface area contributed by atoms with Crippen molar-refractivity contribution >= 4 is 5.78 Å². The van der Waals surface area contributed by atoms with E-state index < -0.39 is 0 Å². The van der Waals surface area contributed by atoms with E-state index in [9.17, 15) is 4.79 Å². The molecule has 0 saturated carbocycles. The summed E-state index contributed by atoms with van der Waals surface area (Å²) < 4.78 is 5.95. The second-order valence-electron chi connectivity index (χ2n) is 6.29. The summed E-state index contributed by atoms with van der Waals surface area (Å²) in [5.74, 6) is 1.41. The molecule has 0 aliphatic heterocycles. The van der Waals surface area contributed by atoms with E-state index in [4.69, 9.17) is 4.74 Å². The van der Waals surface area contributed by atoms with Crippen LogP contribution in [-0.4, -0.2) is 10.8 Å². The van der Waals surface area contributed by atoms with Gasteiger partial charge in [0.1, 0.15) is 17.2 Å². The normalized spacial score (nSPS) is 11.3. The van der Waals surface area contributed by atoms with Crippen molar-refractivity contribution in [1.82, 2.24) is 4.98 Å². The summed E-state index contributed by atoms with van der Waals surface area (Å²) in [4.78, 5) is 15.3. The number of ketones is 1. The molecule has 0 spiro atoms. The predicted octanol–water partition coefficient (Wildman–Crippen LogP) is 4.68. The van der Waals surface area contributed by atoms with Crippen molar-refractivity contribution in [3.63, 3.8) is 0 Å². The van der Waals surface area contributed by atoms with Crippen LogP contribution in [0.5, 0.6) is 11.5 Å². The second-order valence-corrected chi connectivity index (χ2v) is 6.29. The summed E-state index contributed by atoms with van der Waals surface area (Å²) in [6.45, 7) is 10.0. The summed E-state index contributed by atoms with van der Waals surface area (Å²) in [5, 5.41) is 0. The van der Waals surface area contributed by atoms with Crippen molar-refractivity contribution in [2.24, 2.45) is 0 Å². The lowest BCUT2D eigenvalue weighted by Gasteiger charge is -2.23. The van der Waals surface area contributed by atoms with Crippen LogP contribution in [0.25, 0.3) is 0 Å². The van der Waals surface area contributed by atoms with E-state index in [0.29, 0.717) is 11.4 Å². The van der Waals surface area contributed by atoms with Crippen LogP contribution in [-0.2, 0) is 5.41 Å². The molecule has 0 amide bonds. The number of aryl methyl sites for hydroxylation is 1. The Morgan fingerprint density at radius 3 is 2.38 bits per heavy atom. The monoisotopic (exact) mass is 283 g/mol. The van der Waals surface area contributed by atoms with Gasteiger partial charge in [-0.15, -0.1) is 0 Å². The quantitative estimate of drug-likeness (QED) is 0.768. The maximum absolute atomic E-state index is 11.2. The molecule has 0 aliphatic carbocycles. The number of hydrogen-bond donors (Lipinski definition) is 0. The molecule has 110 valence electrons. The molecule has 0 radical (unpaired) electrons. The Kier molecular flexibility index (Phi) is 4.12. The molecule has 1 aromatic heterocycles. The second kappa shape index (κ2) is 5.68. The van der Waals surface area contributed by atoms with Gasteiger partial charge in [0.15, 0.2) is 5.78 Å². The van der Waals surface area contributed by atoms with Gasteiger partial charge in [0.25, 0.3) is 0 Å². The lowest BCUT2D eigenvalue weighted by atomic mass is 9.85. The van der Waals surface area contributed by atoms with Gasteiger partial charge in [-0.2, -0.15) is 0 Å². The molecule has 0 atom stereocenters. The number of Topliss-reactive ketones (excluding diaryl/α,β-unsaturated/α-hetero) is 1. The van der Waals surface area contributed by atoms with Crippen LogP contribution in [0.4, 0.5) is 0 Å².